The third-order valence-electron chi connectivity index (χ3n) is 2.30. The Morgan fingerprint density at radius 2 is 2.24 bits per heavy atom. The second kappa shape index (κ2) is 4.26. The van der Waals surface area contributed by atoms with Gasteiger partial charge in [0.1, 0.15) is 17.6 Å². The van der Waals surface area contributed by atoms with Crippen molar-refractivity contribution in [1.29, 1.82) is 5.26 Å². The van der Waals surface area contributed by atoms with Gasteiger partial charge in [-0.05, 0) is 6.07 Å². The highest BCUT2D eigenvalue weighted by atomic mass is 19.1. The van der Waals surface area contributed by atoms with Gasteiger partial charge in [-0.15, -0.1) is 0 Å². The van der Waals surface area contributed by atoms with E-state index in [-0.39, 0.29) is 5.56 Å². The molecule has 0 saturated heterocycles. The Labute approximate surface area is 97.3 Å². The van der Waals surface area contributed by atoms with E-state index in [9.17, 15) is 4.39 Å². The van der Waals surface area contributed by atoms with Gasteiger partial charge in [0.15, 0.2) is 11.7 Å². The van der Waals surface area contributed by atoms with Crippen LogP contribution in [0.1, 0.15) is 11.5 Å². The van der Waals surface area contributed by atoms with E-state index in [1.165, 1.54) is 25.4 Å². The summed E-state index contributed by atoms with van der Waals surface area (Å²) < 4.78 is 23.9. The number of oxazole rings is 1. The van der Waals surface area contributed by atoms with E-state index in [2.05, 4.69) is 4.98 Å². The molecule has 1 heterocycles. The molecule has 0 fully saturated rings. The summed E-state index contributed by atoms with van der Waals surface area (Å²) in [5, 5.41) is 8.72. The van der Waals surface area contributed by atoms with Crippen molar-refractivity contribution in [2.45, 2.75) is 6.92 Å². The molecule has 2 aromatic rings. The minimum Gasteiger partial charge on any atom is -0.496 e. The predicted molar refractivity (Wildman–Crippen MR) is 57.9 cm³/mol. The number of nitriles is 1. The fourth-order valence-corrected chi connectivity index (χ4v) is 1.49. The molecule has 17 heavy (non-hydrogen) atoms. The van der Waals surface area contributed by atoms with Crippen molar-refractivity contribution >= 4 is 0 Å². The third-order valence-corrected chi connectivity index (χ3v) is 2.30. The van der Waals surface area contributed by atoms with Crippen LogP contribution in [0, 0.1) is 24.1 Å². The molecule has 0 amide bonds. The maximum absolute atomic E-state index is 13.5. The first-order valence-electron chi connectivity index (χ1n) is 4.86. The summed E-state index contributed by atoms with van der Waals surface area (Å²) in [6.45, 7) is 1.69. The molecule has 0 spiro atoms. The van der Waals surface area contributed by atoms with Crippen LogP contribution in [0.5, 0.6) is 5.75 Å². The van der Waals surface area contributed by atoms with Crippen molar-refractivity contribution in [1.82, 2.24) is 4.98 Å². The van der Waals surface area contributed by atoms with E-state index in [0.717, 1.165) is 0 Å². The highest BCUT2D eigenvalue weighted by Gasteiger charge is 2.14. The number of halogens is 1. The van der Waals surface area contributed by atoms with Crippen molar-refractivity contribution < 1.29 is 13.5 Å². The number of nitrogens with zero attached hydrogens (tertiary/aromatic N) is 2. The van der Waals surface area contributed by atoms with E-state index >= 15 is 0 Å². The van der Waals surface area contributed by atoms with Gasteiger partial charge in [-0.3, -0.25) is 0 Å². The lowest BCUT2D eigenvalue weighted by Gasteiger charge is -2.06. The molecule has 1 aromatic carbocycles. The molecule has 5 heteroatoms. The topological polar surface area (TPSA) is 59.0 Å². The number of ether oxygens (including phenoxy) is 1. The van der Waals surface area contributed by atoms with E-state index in [0.29, 0.717) is 23.0 Å². The summed E-state index contributed by atoms with van der Waals surface area (Å²) in [5.41, 5.74) is 0.367. The maximum atomic E-state index is 13.5. The Hall–Kier alpha value is -2.35. The lowest BCUT2D eigenvalue weighted by atomic mass is 10.1. The summed E-state index contributed by atoms with van der Waals surface area (Å²) in [5.74, 6) is 0.644. The van der Waals surface area contributed by atoms with Crippen molar-refractivity contribution in [3.63, 3.8) is 0 Å². The highest BCUT2D eigenvalue weighted by Crippen LogP contribution is 2.32. The van der Waals surface area contributed by atoms with Crippen LogP contribution in [0.3, 0.4) is 0 Å². The molecule has 0 saturated carbocycles. The first-order valence-corrected chi connectivity index (χ1v) is 4.86. The third kappa shape index (κ3) is 1.97. The molecule has 0 aliphatic heterocycles. The van der Waals surface area contributed by atoms with Gasteiger partial charge in [-0.1, -0.05) is 0 Å². The van der Waals surface area contributed by atoms with E-state index in [1.807, 2.05) is 0 Å². The number of hydrogen-bond acceptors (Lipinski definition) is 4. The Kier molecular flexibility index (Phi) is 2.79. The molecule has 0 radical (unpaired) electrons. The minimum absolute atomic E-state index is 0.0677. The largest absolute Gasteiger partial charge is 0.496 e. The number of benzene rings is 1. The number of hydrogen-bond donors (Lipinski definition) is 0. The molecule has 0 N–H and O–H groups in total. The van der Waals surface area contributed by atoms with Crippen LogP contribution in [-0.2, 0) is 0 Å². The fourth-order valence-electron chi connectivity index (χ4n) is 1.49. The van der Waals surface area contributed by atoms with E-state index in [4.69, 9.17) is 14.4 Å². The van der Waals surface area contributed by atoms with Crippen molar-refractivity contribution in [3.05, 3.63) is 35.6 Å². The molecule has 0 atom stereocenters. The average molecular weight is 232 g/mol. The van der Waals surface area contributed by atoms with Crippen molar-refractivity contribution in [3.8, 4) is 23.1 Å². The number of rotatable bonds is 2. The molecule has 0 aliphatic rings. The van der Waals surface area contributed by atoms with Crippen LogP contribution in [0.4, 0.5) is 4.39 Å². The summed E-state index contributed by atoms with van der Waals surface area (Å²) in [6, 6.07) is 4.29. The molecule has 0 unspecified atom stereocenters. The molecule has 1 aromatic heterocycles. The van der Waals surface area contributed by atoms with Crippen LogP contribution >= 0.6 is 0 Å². The summed E-state index contributed by atoms with van der Waals surface area (Å²) >= 11 is 0. The summed E-state index contributed by atoms with van der Waals surface area (Å²) in [4.78, 5) is 3.93. The van der Waals surface area contributed by atoms with Gasteiger partial charge >= 0.3 is 0 Å². The molecular weight excluding hydrogens is 223 g/mol. The molecular formula is C12H9FN2O2. The predicted octanol–water partition coefficient (Wildman–Crippen LogP) is 2.67. The smallest absolute Gasteiger partial charge is 0.191 e. The van der Waals surface area contributed by atoms with Crippen LogP contribution in [-0.4, -0.2) is 12.1 Å². The van der Waals surface area contributed by atoms with Crippen molar-refractivity contribution in [2.75, 3.05) is 7.11 Å². The zero-order valence-electron chi connectivity index (χ0n) is 9.32. The normalized spacial score (nSPS) is 10.0. The van der Waals surface area contributed by atoms with Gasteiger partial charge in [0, 0.05) is 13.0 Å². The zero-order valence-corrected chi connectivity index (χ0v) is 9.32. The number of methoxy groups -OCH3 is 1. The average Bonchev–Trinajstić information content (AvgIpc) is 2.75. The van der Waals surface area contributed by atoms with Crippen LogP contribution in [0.2, 0.25) is 0 Å². The number of aryl methyl sites for hydroxylation is 1. The lowest BCUT2D eigenvalue weighted by Crippen LogP contribution is -1.92. The zero-order chi connectivity index (χ0) is 12.4. The Morgan fingerprint density at radius 3 is 2.76 bits per heavy atom. The monoisotopic (exact) mass is 232 g/mol. The van der Waals surface area contributed by atoms with Gasteiger partial charge in [0.05, 0.1) is 24.4 Å². The van der Waals surface area contributed by atoms with E-state index in [1.54, 1.807) is 13.0 Å². The molecule has 86 valence electrons. The summed E-state index contributed by atoms with van der Waals surface area (Å²) in [6.07, 6.45) is 1.48. The second-order valence-electron chi connectivity index (χ2n) is 3.39. The highest BCUT2D eigenvalue weighted by molar-refractivity contribution is 5.67. The van der Waals surface area contributed by atoms with Crippen molar-refractivity contribution in [2.24, 2.45) is 0 Å². The van der Waals surface area contributed by atoms with E-state index < -0.39 is 5.82 Å². The molecule has 0 aliphatic carbocycles. The first-order chi connectivity index (χ1) is 8.15. The maximum Gasteiger partial charge on any atom is 0.191 e. The SMILES string of the molecule is COc1cc(C#N)c(F)cc1-c1cnc(C)o1. The standard InChI is InChI=1S/C12H9FN2O2/c1-7-15-6-12(17-7)9-4-10(13)8(5-14)3-11(9)16-2/h3-4,6H,1-2H3. The fraction of sp³-hybridized carbons (Fsp3) is 0.167. The number of aromatic nitrogens is 1. The molecule has 2 rings (SSSR count). The van der Waals surface area contributed by atoms with Crippen LogP contribution in [0.25, 0.3) is 11.3 Å². The Balaban J connectivity index is 2.62. The Bertz CT molecular complexity index is 599. The van der Waals surface area contributed by atoms with Gasteiger partial charge < -0.3 is 9.15 Å². The van der Waals surface area contributed by atoms with Gasteiger partial charge in [0.25, 0.3) is 0 Å². The van der Waals surface area contributed by atoms with Gasteiger partial charge in [-0.25, -0.2) is 9.37 Å². The first kappa shape index (κ1) is 11.1. The van der Waals surface area contributed by atoms with Gasteiger partial charge in [0.2, 0.25) is 0 Å². The molecule has 4 nitrogen and oxygen atoms in total. The Morgan fingerprint density at radius 1 is 1.47 bits per heavy atom. The second-order valence-corrected chi connectivity index (χ2v) is 3.39. The van der Waals surface area contributed by atoms with Crippen LogP contribution in [0.15, 0.2) is 22.7 Å². The molecule has 0 bridgehead atoms. The minimum atomic E-state index is -0.614. The van der Waals surface area contributed by atoms with Gasteiger partial charge in [-0.2, -0.15) is 5.26 Å². The lowest BCUT2D eigenvalue weighted by molar-refractivity contribution is 0.413. The summed E-state index contributed by atoms with van der Waals surface area (Å²) in [7, 11) is 1.45. The van der Waals surface area contributed by atoms with Crippen LogP contribution < -0.4 is 4.74 Å². The quantitative estimate of drug-likeness (QED) is 0.798.